The van der Waals surface area contributed by atoms with Gasteiger partial charge in [0.1, 0.15) is 5.82 Å². The van der Waals surface area contributed by atoms with Gasteiger partial charge in [0.25, 0.3) is 0 Å². The fourth-order valence-corrected chi connectivity index (χ4v) is 2.51. The van der Waals surface area contributed by atoms with Crippen LogP contribution in [0.3, 0.4) is 0 Å². The van der Waals surface area contributed by atoms with Gasteiger partial charge in [-0.15, -0.1) is 0 Å². The SMILES string of the molecule is COC[C@@H](C)S(=O)(=O)NCc1ccc(Br)c(F)c1. The highest BCUT2D eigenvalue weighted by molar-refractivity contribution is 9.10. The molecule has 0 aromatic heterocycles. The number of nitrogens with one attached hydrogen (secondary N) is 1. The first-order valence-electron chi connectivity index (χ1n) is 5.28. The van der Waals surface area contributed by atoms with Crippen molar-refractivity contribution in [3.05, 3.63) is 34.1 Å². The van der Waals surface area contributed by atoms with Gasteiger partial charge in [-0.3, -0.25) is 0 Å². The second kappa shape index (κ2) is 6.60. The van der Waals surface area contributed by atoms with Crippen molar-refractivity contribution in [2.24, 2.45) is 0 Å². The molecule has 1 atom stereocenters. The predicted molar refractivity (Wildman–Crippen MR) is 71.2 cm³/mol. The molecule has 1 aromatic carbocycles. The Morgan fingerprint density at radius 3 is 2.72 bits per heavy atom. The maximum absolute atomic E-state index is 13.2. The summed E-state index contributed by atoms with van der Waals surface area (Å²) in [5.41, 5.74) is 0.559. The number of halogens is 2. The van der Waals surface area contributed by atoms with E-state index in [0.717, 1.165) is 0 Å². The molecule has 0 unspecified atom stereocenters. The summed E-state index contributed by atoms with van der Waals surface area (Å²) in [6.45, 7) is 1.72. The Balaban J connectivity index is 2.67. The number of methoxy groups -OCH3 is 1. The van der Waals surface area contributed by atoms with Crippen LogP contribution in [0.15, 0.2) is 22.7 Å². The van der Waals surface area contributed by atoms with Gasteiger partial charge in [-0.1, -0.05) is 6.07 Å². The van der Waals surface area contributed by atoms with E-state index in [2.05, 4.69) is 20.7 Å². The summed E-state index contributed by atoms with van der Waals surface area (Å²) in [7, 11) is -2.01. The van der Waals surface area contributed by atoms with Gasteiger partial charge >= 0.3 is 0 Å². The molecule has 18 heavy (non-hydrogen) atoms. The summed E-state index contributed by atoms with van der Waals surface area (Å²) < 4.78 is 44.3. The molecule has 1 rings (SSSR count). The van der Waals surface area contributed by atoms with Crippen LogP contribution < -0.4 is 4.72 Å². The maximum Gasteiger partial charge on any atom is 0.216 e. The van der Waals surface area contributed by atoms with Gasteiger partial charge in [0, 0.05) is 13.7 Å². The number of ether oxygens (including phenoxy) is 1. The Morgan fingerprint density at radius 1 is 1.50 bits per heavy atom. The third-order valence-electron chi connectivity index (χ3n) is 2.39. The fourth-order valence-electron chi connectivity index (χ4n) is 1.30. The van der Waals surface area contributed by atoms with Gasteiger partial charge in [-0.05, 0) is 40.5 Å². The number of rotatable bonds is 6. The quantitative estimate of drug-likeness (QED) is 0.862. The van der Waals surface area contributed by atoms with E-state index in [9.17, 15) is 12.8 Å². The van der Waals surface area contributed by atoms with Gasteiger partial charge in [0.05, 0.1) is 16.3 Å². The van der Waals surface area contributed by atoms with E-state index >= 15 is 0 Å². The van der Waals surface area contributed by atoms with Gasteiger partial charge in [0.2, 0.25) is 10.0 Å². The summed E-state index contributed by atoms with van der Waals surface area (Å²) in [4.78, 5) is 0. The minimum atomic E-state index is -3.45. The number of hydrogen-bond donors (Lipinski definition) is 1. The van der Waals surface area contributed by atoms with E-state index in [0.29, 0.717) is 10.0 Å². The van der Waals surface area contributed by atoms with E-state index < -0.39 is 21.1 Å². The molecule has 0 bridgehead atoms. The summed E-state index contributed by atoms with van der Waals surface area (Å²) in [5.74, 6) is -0.420. The minimum absolute atomic E-state index is 0.0561. The molecule has 1 N–H and O–H groups in total. The van der Waals surface area contributed by atoms with Crippen molar-refractivity contribution in [1.29, 1.82) is 0 Å². The van der Waals surface area contributed by atoms with Crippen molar-refractivity contribution in [1.82, 2.24) is 4.72 Å². The fraction of sp³-hybridized carbons (Fsp3) is 0.455. The molecule has 0 spiro atoms. The summed E-state index contributed by atoms with van der Waals surface area (Å²) >= 11 is 3.03. The number of hydrogen-bond acceptors (Lipinski definition) is 3. The Bertz CT molecular complexity index is 507. The van der Waals surface area contributed by atoms with Crippen LogP contribution in [-0.4, -0.2) is 27.4 Å². The summed E-state index contributed by atoms with van der Waals surface area (Å²) in [6.07, 6.45) is 0. The van der Waals surface area contributed by atoms with Gasteiger partial charge in [-0.25, -0.2) is 17.5 Å². The van der Waals surface area contributed by atoms with Gasteiger partial charge < -0.3 is 4.74 Å². The van der Waals surface area contributed by atoms with Crippen molar-refractivity contribution in [2.75, 3.05) is 13.7 Å². The van der Waals surface area contributed by atoms with Crippen LogP contribution in [0.1, 0.15) is 12.5 Å². The molecule has 4 nitrogen and oxygen atoms in total. The number of sulfonamides is 1. The van der Waals surface area contributed by atoms with Crippen LogP contribution in [0.4, 0.5) is 4.39 Å². The minimum Gasteiger partial charge on any atom is -0.383 e. The van der Waals surface area contributed by atoms with E-state index in [1.807, 2.05) is 0 Å². The lowest BCUT2D eigenvalue weighted by molar-refractivity contribution is 0.200. The van der Waals surface area contributed by atoms with Crippen LogP contribution in [0.5, 0.6) is 0 Å². The molecule has 0 saturated carbocycles. The standard InChI is InChI=1S/C11H15BrFNO3S/c1-8(7-17-2)18(15,16)14-6-9-3-4-10(12)11(13)5-9/h3-5,8,14H,6-7H2,1-2H3/t8-/m1/s1. The van der Waals surface area contributed by atoms with Gasteiger partial charge in [-0.2, -0.15) is 0 Å². The molecule has 0 aliphatic rings. The topological polar surface area (TPSA) is 55.4 Å². The zero-order valence-electron chi connectivity index (χ0n) is 10.1. The van der Waals surface area contributed by atoms with Crippen LogP contribution >= 0.6 is 15.9 Å². The van der Waals surface area contributed by atoms with E-state index in [-0.39, 0.29) is 13.2 Å². The third-order valence-corrected chi connectivity index (χ3v) is 4.78. The Kier molecular flexibility index (Phi) is 5.71. The first-order valence-corrected chi connectivity index (χ1v) is 7.62. The smallest absolute Gasteiger partial charge is 0.216 e. The van der Waals surface area contributed by atoms with Crippen LogP contribution in [0, 0.1) is 5.82 Å². The normalized spacial score (nSPS) is 13.6. The van der Waals surface area contributed by atoms with Crippen molar-refractivity contribution in [3.8, 4) is 0 Å². The van der Waals surface area contributed by atoms with Crippen molar-refractivity contribution < 1.29 is 17.5 Å². The van der Waals surface area contributed by atoms with Gasteiger partial charge in [0.15, 0.2) is 0 Å². The Labute approximate surface area is 115 Å². The van der Waals surface area contributed by atoms with Crippen molar-refractivity contribution in [2.45, 2.75) is 18.7 Å². The zero-order valence-corrected chi connectivity index (χ0v) is 12.5. The lowest BCUT2D eigenvalue weighted by atomic mass is 10.2. The summed E-state index contributed by atoms with van der Waals surface area (Å²) in [5, 5.41) is -0.650. The maximum atomic E-state index is 13.2. The molecule has 0 aliphatic heterocycles. The molecular weight excluding hydrogens is 325 g/mol. The highest BCUT2D eigenvalue weighted by atomic mass is 79.9. The lowest BCUT2D eigenvalue weighted by Crippen LogP contribution is -2.34. The van der Waals surface area contributed by atoms with Crippen LogP contribution in [-0.2, 0) is 21.3 Å². The molecule has 1 aromatic rings. The third kappa shape index (κ3) is 4.31. The zero-order chi connectivity index (χ0) is 13.8. The van der Waals surface area contributed by atoms with Crippen LogP contribution in [0.25, 0.3) is 0 Å². The van der Waals surface area contributed by atoms with Crippen LogP contribution in [0.2, 0.25) is 0 Å². The molecule has 0 saturated heterocycles. The predicted octanol–water partition coefficient (Wildman–Crippen LogP) is 2.04. The largest absolute Gasteiger partial charge is 0.383 e. The summed E-state index contributed by atoms with van der Waals surface area (Å²) in [6, 6.07) is 4.47. The molecular formula is C11H15BrFNO3S. The molecule has 0 fully saturated rings. The molecule has 7 heteroatoms. The monoisotopic (exact) mass is 339 g/mol. The average Bonchev–Trinajstić information content (AvgIpc) is 2.31. The lowest BCUT2D eigenvalue weighted by Gasteiger charge is -2.13. The molecule has 0 heterocycles. The van der Waals surface area contributed by atoms with E-state index in [1.54, 1.807) is 13.0 Å². The van der Waals surface area contributed by atoms with E-state index in [1.165, 1.54) is 19.2 Å². The second-order valence-corrected chi connectivity index (χ2v) is 6.92. The molecule has 102 valence electrons. The molecule has 0 amide bonds. The second-order valence-electron chi connectivity index (χ2n) is 3.88. The first-order chi connectivity index (χ1) is 8.36. The first kappa shape index (κ1) is 15.6. The molecule has 0 aliphatic carbocycles. The molecule has 0 radical (unpaired) electrons. The number of benzene rings is 1. The van der Waals surface area contributed by atoms with Crippen molar-refractivity contribution in [3.63, 3.8) is 0 Å². The Hall–Kier alpha value is -0.500. The van der Waals surface area contributed by atoms with E-state index in [4.69, 9.17) is 4.74 Å². The average molecular weight is 340 g/mol. The highest BCUT2D eigenvalue weighted by Crippen LogP contribution is 2.16. The van der Waals surface area contributed by atoms with Crippen molar-refractivity contribution >= 4 is 26.0 Å². The highest BCUT2D eigenvalue weighted by Gasteiger charge is 2.19. The Morgan fingerprint density at radius 2 is 2.17 bits per heavy atom.